The topological polar surface area (TPSA) is 32.3 Å². The Kier molecular flexibility index (Phi) is 3.61. The highest BCUT2D eigenvalue weighted by atomic mass is 32.1. The van der Waals surface area contributed by atoms with Crippen LogP contribution < -0.4 is 5.32 Å². The summed E-state index contributed by atoms with van der Waals surface area (Å²) in [6.07, 6.45) is 0.936. The largest absolute Gasteiger partial charge is 0.333 e. The molecule has 16 heavy (non-hydrogen) atoms. The molecule has 1 amide bonds. The normalized spacial score (nSPS) is 21.1. The van der Waals surface area contributed by atoms with E-state index in [1.807, 2.05) is 10.3 Å². The third-order valence-electron chi connectivity index (χ3n) is 3.08. The van der Waals surface area contributed by atoms with Gasteiger partial charge in [0.15, 0.2) is 0 Å². The Morgan fingerprint density at radius 2 is 2.50 bits per heavy atom. The lowest BCUT2D eigenvalue weighted by molar-refractivity contribution is 0.0660. The summed E-state index contributed by atoms with van der Waals surface area (Å²) >= 11 is 1.57. The van der Waals surface area contributed by atoms with E-state index in [0.717, 1.165) is 30.9 Å². The van der Waals surface area contributed by atoms with Crippen molar-refractivity contribution in [3.63, 3.8) is 0 Å². The molecule has 2 rings (SSSR count). The van der Waals surface area contributed by atoms with Crippen LogP contribution in [0.25, 0.3) is 0 Å². The molecule has 1 N–H and O–H groups in total. The predicted molar refractivity (Wildman–Crippen MR) is 67.1 cm³/mol. The number of hydrogen-bond donors (Lipinski definition) is 1. The Bertz CT molecular complexity index is 375. The van der Waals surface area contributed by atoms with Crippen LogP contribution in [0.4, 0.5) is 0 Å². The van der Waals surface area contributed by atoms with Crippen molar-refractivity contribution in [1.82, 2.24) is 10.2 Å². The summed E-state index contributed by atoms with van der Waals surface area (Å²) in [6.45, 7) is 6.83. The van der Waals surface area contributed by atoms with Gasteiger partial charge in [-0.2, -0.15) is 0 Å². The third kappa shape index (κ3) is 2.13. The summed E-state index contributed by atoms with van der Waals surface area (Å²) in [7, 11) is 0. The average Bonchev–Trinajstić information content (AvgIpc) is 2.77. The maximum atomic E-state index is 12.4. The van der Waals surface area contributed by atoms with E-state index in [1.165, 1.54) is 5.56 Å². The molecule has 0 saturated carbocycles. The number of amides is 1. The van der Waals surface area contributed by atoms with E-state index in [1.54, 1.807) is 11.3 Å². The number of carbonyl (C=O) groups excluding carboxylic acids is 1. The van der Waals surface area contributed by atoms with Gasteiger partial charge in [0.25, 0.3) is 5.91 Å². The molecular weight excluding hydrogens is 220 g/mol. The van der Waals surface area contributed by atoms with Gasteiger partial charge in [0.2, 0.25) is 0 Å². The summed E-state index contributed by atoms with van der Waals surface area (Å²) < 4.78 is 0. The van der Waals surface area contributed by atoms with E-state index in [9.17, 15) is 4.79 Å². The van der Waals surface area contributed by atoms with Crippen LogP contribution in [0.15, 0.2) is 11.4 Å². The van der Waals surface area contributed by atoms with Crippen molar-refractivity contribution in [1.29, 1.82) is 0 Å². The van der Waals surface area contributed by atoms with Crippen molar-refractivity contribution in [2.75, 3.05) is 19.6 Å². The smallest absolute Gasteiger partial charge is 0.264 e. The van der Waals surface area contributed by atoms with Crippen LogP contribution in [0.5, 0.6) is 0 Å². The SMILES string of the molecule is CCc1ccsc1C(=O)N1CCNCC1C. The summed E-state index contributed by atoms with van der Waals surface area (Å²) in [5.41, 5.74) is 1.18. The Hall–Kier alpha value is -0.870. The minimum atomic E-state index is 0.209. The van der Waals surface area contributed by atoms with Crippen LogP contribution in [0.3, 0.4) is 0 Å². The highest BCUT2D eigenvalue weighted by molar-refractivity contribution is 7.12. The fraction of sp³-hybridized carbons (Fsp3) is 0.583. The van der Waals surface area contributed by atoms with Crippen LogP contribution in [-0.2, 0) is 6.42 Å². The van der Waals surface area contributed by atoms with E-state index in [2.05, 4.69) is 25.2 Å². The minimum absolute atomic E-state index is 0.209. The molecular formula is C12H18N2OS. The molecule has 0 radical (unpaired) electrons. The molecule has 1 aliphatic heterocycles. The molecule has 2 heterocycles. The zero-order valence-corrected chi connectivity index (χ0v) is 10.6. The number of aryl methyl sites for hydroxylation is 1. The van der Waals surface area contributed by atoms with E-state index in [4.69, 9.17) is 0 Å². The van der Waals surface area contributed by atoms with E-state index in [0.29, 0.717) is 6.04 Å². The molecule has 1 saturated heterocycles. The van der Waals surface area contributed by atoms with Crippen LogP contribution in [0.2, 0.25) is 0 Å². The highest BCUT2D eigenvalue weighted by Gasteiger charge is 2.25. The third-order valence-corrected chi connectivity index (χ3v) is 4.03. The Morgan fingerprint density at radius 1 is 1.69 bits per heavy atom. The maximum absolute atomic E-state index is 12.4. The number of nitrogens with zero attached hydrogens (tertiary/aromatic N) is 1. The van der Waals surface area contributed by atoms with Gasteiger partial charge in [-0.05, 0) is 30.4 Å². The summed E-state index contributed by atoms with van der Waals surface area (Å²) in [4.78, 5) is 15.3. The van der Waals surface area contributed by atoms with Crippen molar-refractivity contribution < 1.29 is 4.79 Å². The molecule has 1 aromatic heterocycles. The Balaban J connectivity index is 2.17. The summed E-state index contributed by atoms with van der Waals surface area (Å²) in [5.74, 6) is 0.209. The molecule has 88 valence electrons. The molecule has 1 atom stereocenters. The van der Waals surface area contributed by atoms with Gasteiger partial charge in [0.05, 0.1) is 4.88 Å². The minimum Gasteiger partial charge on any atom is -0.333 e. The zero-order chi connectivity index (χ0) is 11.5. The summed E-state index contributed by atoms with van der Waals surface area (Å²) in [5, 5.41) is 5.32. The zero-order valence-electron chi connectivity index (χ0n) is 9.82. The van der Waals surface area contributed by atoms with Gasteiger partial charge in [0, 0.05) is 25.7 Å². The first-order valence-corrected chi connectivity index (χ1v) is 6.70. The van der Waals surface area contributed by atoms with Crippen LogP contribution >= 0.6 is 11.3 Å². The molecule has 0 aromatic carbocycles. The monoisotopic (exact) mass is 238 g/mol. The molecule has 0 aliphatic carbocycles. The number of hydrogen-bond acceptors (Lipinski definition) is 3. The molecule has 1 fully saturated rings. The van der Waals surface area contributed by atoms with Crippen molar-refractivity contribution in [3.8, 4) is 0 Å². The quantitative estimate of drug-likeness (QED) is 0.851. The second kappa shape index (κ2) is 4.97. The fourth-order valence-corrected chi connectivity index (χ4v) is 3.03. The lowest BCUT2D eigenvalue weighted by Gasteiger charge is -2.33. The number of thiophene rings is 1. The molecule has 0 bridgehead atoms. The maximum Gasteiger partial charge on any atom is 0.264 e. The molecule has 3 nitrogen and oxygen atoms in total. The van der Waals surface area contributed by atoms with E-state index in [-0.39, 0.29) is 5.91 Å². The van der Waals surface area contributed by atoms with Crippen LogP contribution in [0, 0.1) is 0 Å². The first-order valence-electron chi connectivity index (χ1n) is 5.82. The predicted octanol–water partition coefficient (Wildman–Crippen LogP) is 1.74. The number of piperazine rings is 1. The van der Waals surface area contributed by atoms with Crippen LogP contribution in [-0.4, -0.2) is 36.5 Å². The molecule has 1 aromatic rings. The van der Waals surface area contributed by atoms with Gasteiger partial charge in [-0.15, -0.1) is 11.3 Å². The molecule has 1 aliphatic rings. The number of carbonyl (C=O) groups is 1. The fourth-order valence-electron chi connectivity index (χ4n) is 2.07. The second-order valence-electron chi connectivity index (χ2n) is 4.18. The lowest BCUT2D eigenvalue weighted by atomic mass is 10.1. The Morgan fingerprint density at radius 3 is 3.19 bits per heavy atom. The first kappa shape index (κ1) is 11.6. The second-order valence-corrected chi connectivity index (χ2v) is 5.10. The van der Waals surface area contributed by atoms with Gasteiger partial charge in [-0.25, -0.2) is 0 Å². The van der Waals surface area contributed by atoms with Crippen molar-refractivity contribution >= 4 is 17.2 Å². The summed E-state index contributed by atoms with van der Waals surface area (Å²) in [6, 6.07) is 2.36. The van der Waals surface area contributed by atoms with Crippen molar-refractivity contribution in [2.24, 2.45) is 0 Å². The average molecular weight is 238 g/mol. The van der Waals surface area contributed by atoms with Gasteiger partial charge in [-0.3, -0.25) is 4.79 Å². The molecule has 1 unspecified atom stereocenters. The van der Waals surface area contributed by atoms with Gasteiger partial charge >= 0.3 is 0 Å². The van der Waals surface area contributed by atoms with Gasteiger partial charge in [-0.1, -0.05) is 6.92 Å². The van der Waals surface area contributed by atoms with E-state index < -0.39 is 0 Å². The van der Waals surface area contributed by atoms with Crippen LogP contribution in [0.1, 0.15) is 29.1 Å². The first-order chi connectivity index (χ1) is 7.74. The standard InChI is InChI=1S/C12H18N2OS/c1-3-10-4-7-16-11(10)12(15)14-6-5-13-8-9(14)2/h4,7,9,13H,3,5-6,8H2,1-2H3. The molecule has 4 heteroatoms. The van der Waals surface area contributed by atoms with Crippen molar-refractivity contribution in [3.05, 3.63) is 21.9 Å². The van der Waals surface area contributed by atoms with E-state index >= 15 is 0 Å². The number of nitrogens with one attached hydrogen (secondary N) is 1. The number of rotatable bonds is 2. The molecule has 0 spiro atoms. The van der Waals surface area contributed by atoms with Crippen molar-refractivity contribution in [2.45, 2.75) is 26.3 Å². The van der Waals surface area contributed by atoms with Gasteiger partial charge < -0.3 is 10.2 Å². The lowest BCUT2D eigenvalue weighted by Crippen LogP contribution is -2.52. The Labute approximate surface area is 100 Å². The highest BCUT2D eigenvalue weighted by Crippen LogP contribution is 2.21. The van der Waals surface area contributed by atoms with Gasteiger partial charge in [0.1, 0.15) is 0 Å².